The van der Waals surface area contributed by atoms with Gasteiger partial charge in [-0.1, -0.05) is 13.8 Å². The van der Waals surface area contributed by atoms with Crippen LogP contribution >= 0.6 is 0 Å². The molecule has 0 aliphatic carbocycles. The first kappa shape index (κ1) is 12.7. The van der Waals surface area contributed by atoms with Crippen LogP contribution < -0.4 is 10.6 Å². The molecule has 0 saturated heterocycles. The Morgan fingerprint density at radius 2 is 1.94 bits per heavy atom. The summed E-state index contributed by atoms with van der Waals surface area (Å²) in [5.41, 5.74) is 2.84. The number of fused-ring (bicyclic) bond motifs is 1. The van der Waals surface area contributed by atoms with Crippen molar-refractivity contribution in [3.05, 3.63) is 23.8 Å². The molecule has 0 radical (unpaired) electrons. The molecular weight excluding hydrogens is 226 g/mol. The van der Waals surface area contributed by atoms with E-state index in [1.165, 1.54) is 0 Å². The summed E-state index contributed by atoms with van der Waals surface area (Å²) in [6, 6.07) is 5.79. The second-order valence-corrected chi connectivity index (χ2v) is 5.19. The van der Waals surface area contributed by atoms with E-state index in [0.29, 0.717) is 5.92 Å². The van der Waals surface area contributed by atoms with Gasteiger partial charge in [0.1, 0.15) is 0 Å². The van der Waals surface area contributed by atoms with E-state index in [4.69, 9.17) is 0 Å². The molecule has 4 nitrogen and oxygen atoms in total. The smallest absolute Gasteiger partial charge is 0.253 e. The van der Waals surface area contributed by atoms with Crippen molar-refractivity contribution >= 4 is 17.3 Å². The molecule has 0 unspecified atom stereocenters. The third-order valence-corrected chi connectivity index (χ3v) is 3.01. The van der Waals surface area contributed by atoms with Crippen LogP contribution in [0.25, 0.3) is 0 Å². The standard InChI is InChI=1S/C14H21N3O/c1-10(2)9-17(3)14(18)11-4-5-12-13(8-11)16-7-6-15-12/h4-5,8,10,15-16H,6-7,9H2,1-3H3. The van der Waals surface area contributed by atoms with E-state index in [1.807, 2.05) is 25.2 Å². The van der Waals surface area contributed by atoms with Gasteiger partial charge in [0.25, 0.3) is 5.91 Å². The fraction of sp³-hybridized carbons (Fsp3) is 0.500. The van der Waals surface area contributed by atoms with Gasteiger partial charge in [0.15, 0.2) is 0 Å². The maximum absolute atomic E-state index is 12.2. The molecule has 1 aromatic carbocycles. The molecule has 0 aromatic heterocycles. The Kier molecular flexibility index (Phi) is 3.75. The Morgan fingerprint density at radius 1 is 1.28 bits per heavy atom. The number of anilines is 2. The van der Waals surface area contributed by atoms with Gasteiger partial charge in [0.2, 0.25) is 0 Å². The second-order valence-electron chi connectivity index (χ2n) is 5.19. The molecule has 0 atom stereocenters. The number of nitrogens with zero attached hydrogens (tertiary/aromatic N) is 1. The number of hydrogen-bond donors (Lipinski definition) is 2. The summed E-state index contributed by atoms with van der Waals surface area (Å²) in [6.45, 7) is 6.83. The summed E-state index contributed by atoms with van der Waals surface area (Å²) >= 11 is 0. The Hall–Kier alpha value is -1.71. The first-order chi connectivity index (χ1) is 8.58. The Labute approximate surface area is 108 Å². The predicted octanol–water partition coefficient (Wildman–Crippen LogP) is 2.25. The first-order valence-corrected chi connectivity index (χ1v) is 6.45. The summed E-state index contributed by atoms with van der Waals surface area (Å²) < 4.78 is 0. The van der Waals surface area contributed by atoms with E-state index >= 15 is 0 Å². The number of rotatable bonds is 3. The van der Waals surface area contributed by atoms with Gasteiger partial charge in [-0.05, 0) is 24.1 Å². The molecule has 0 saturated carbocycles. The maximum Gasteiger partial charge on any atom is 0.253 e. The van der Waals surface area contributed by atoms with Crippen LogP contribution in [0.3, 0.4) is 0 Å². The average Bonchev–Trinajstić information content (AvgIpc) is 2.36. The quantitative estimate of drug-likeness (QED) is 0.861. The average molecular weight is 247 g/mol. The Balaban J connectivity index is 2.15. The molecule has 1 aliphatic heterocycles. The second kappa shape index (κ2) is 5.29. The SMILES string of the molecule is CC(C)CN(C)C(=O)c1ccc2c(c1)NCCN2. The van der Waals surface area contributed by atoms with Gasteiger partial charge in [0, 0.05) is 32.2 Å². The van der Waals surface area contributed by atoms with Gasteiger partial charge in [-0.25, -0.2) is 0 Å². The minimum atomic E-state index is 0.0823. The van der Waals surface area contributed by atoms with Crippen LogP contribution in [0, 0.1) is 5.92 Å². The topological polar surface area (TPSA) is 44.4 Å². The third kappa shape index (κ3) is 2.75. The van der Waals surface area contributed by atoms with Crippen molar-refractivity contribution in [3.63, 3.8) is 0 Å². The Bertz CT molecular complexity index is 443. The molecule has 18 heavy (non-hydrogen) atoms. The lowest BCUT2D eigenvalue weighted by atomic mass is 10.1. The van der Waals surface area contributed by atoms with Gasteiger partial charge in [-0.3, -0.25) is 4.79 Å². The molecule has 1 aliphatic rings. The Morgan fingerprint density at radius 3 is 2.61 bits per heavy atom. The van der Waals surface area contributed by atoms with Crippen LogP contribution in [0.4, 0.5) is 11.4 Å². The van der Waals surface area contributed by atoms with Crippen molar-refractivity contribution in [2.45, 2.75) is 13.8 Å². The lowest BCUT2D eigenvalue weighted by Gasteiger charge is -2.23. The molecule has 1 amide bonds. The van der Waals surface area contributed by atoms with Crippen molar-refractivity contribution in [2.75, 3.05) is 37.3 Å². The molecule has 0 bridgehead atoms. The summed E-state index contributed by atoms with van der Waals surface area (Å²) in [6.07, 6.45) is 0. The van der Waals surface area contributed by atoms with Crippen LogP contribution in [0.15, 0.2) is 18.2 Å². The lowest BCUT2D eigenvalue weighted by molar-refractivity contribution is 0.0779. The van der Waals surface area contributed by atoms with Gasteiger partial charge in [0.05, 0.1) is 11.4 Å². The third-order valence-electron chi connectivity index (χ3n) is 3.01. The molecule has 0 spiro atoms. The zero-order chi connectivity index (χ0) is 13.1. The van der Waals surface area contributed by atoms with Crippen LogP contribution in [0.2, 0.25) is 0 Å². The number of carbonyl (C=O) groups excluding carboxylic acids is 1. The summed E-state index contributed by atoms with van der Waals surface area (Å²) in [5.74, 6) is 0.565. The number of carbonyl (C=O) groups is 1. The fourth-order valence-corrected chi connectivity index (χ4v) is 2.22. The van der Waals surface area contributed by atoms with Crippen molar-refractivity contribution < 1.29 is 4.79 Å². The fourth-order valence-electron chi connectivity index (χ4n) is 2.22. The lowest BCUT2D eigenvalue weighted by Crippen LogP contribution is -2.30. The number of benzene rings is 1. The van der Waals surface area contributed by atoms with E-state index in [9.17, 15) is 4.79 Å². The zero-order valence-electron chi connectivity index (χ0n) is 11.3. The minimum absolute atomic E-state index is 0.0823. The van der Waals surface area contributed by atoms with Crippen molar-refractivity contribution in [2.24, 2.45) is 5.92 Å². The number of nitrogens with one attached hydrogen (secondary N) is 2. The molecule has 0 fully saturated rings. The van der Waals surface area contributed by atoms with Crippen LogP contribution in [-0.4, -0.2) is 37.5 Å². The molecule has 98 valence electrons. The molecule has 4 heteroatoms. The van der Waals surface area contributed by atoms with Gasteiger partial charge >= 0.3 is 0 Å². The van der Waals surface area contributed by atoms with Gasteiger partial charge in [-0.2, -0.15) is 0 Å². The molecular formula is C14H21N3O. The van der Waals surface area contributed by atoms with Crippen molar-refractivity contribution in [1.29, 1.82) is 0 Å². The van der Waals surface area contributed by atoms with Crippen molar-refractivity contribution in [1.82, 2.24) is 4.90 Å². The summed E-state index contributed by atoms with van der Waals surface area (Å²) in [7, 11) is 1.85. The minimum Gasteiger partial charge on any atom is -0.382 e. The highest BCUT2D eigenvalue weighted by molar-refractivity contribution is 5.96. The molecule has 2 rings (SSSR count). The van der Waals surface area contributed by atoms with Gasteiger partial charge < -0.3 is 15.5 Å². The van der Waals surface area contributed by atoms with Crippen LogP contribution in [0.1, 0.15) is 24.2 Å². The number of hydrogen-bond acceptors (Lipinski definition) is 3. The largest absolute Gasteiger partial charge is 0.382 e. The first-order valence-electron chi connectivity index (χ1n) is 6.45. The predicted molar refractivity (Wildman–Crippen MR) is 75.2 cm³/mol. The number of amides is 1. The van der Waals surface area contributed by atoms with Crippen molar-refractivity contribution in [3.8, 4) is 0 Å². The van der Waals surface area contributed by atoms with Crippen LogP contribution in [-0.2, 0) is 0 Å². The summed E-state index contributed by atoms with van der Waals surface area (Å²) in [5, 5.41) is 6.61. The normalized spacial score (nSPS) is 13.6. The molecule has 2 N–H and O–H groups in total. The highest BCUT2D eigenvalue weighted by atomic mass is 16.2. The van der Waals surface area contributed by atoms with Gasteiger partial charge in [-0.15, -0.1) is 0 Å². The maximum atomic E-state index is 12.2. The van der Waals surface area contributed by atoms with E-state index in [0.717, 1.165) is 36.6 Å². The van der Waals surface area contributed by atoms with Crippen LogP contribution in [0.5, 0.6) is 0 Å². The van der Waals surface area contributed by atoms with E-state index in [1.54, 1.807) is 4.90 Å². The highest BCUT2D eigenvalue weighted by Crippen LogP contribution is 2.25. The van der Waals surface area contributed by atoms with E-state index in [-0.39, 0.29) is 5.91 Å². The van der Waals surface area contributed by atoms with E-state index in [2.05, 4.69) is 24.5 Å². The highest BCUT2D eigenvalue weighted by Gasteiger charge is 2.15. The molecule has 1 aromatic rings. The molecule has 1 heterocycles. The summed E-state index contributed by atoms with van der Waals surface area (Å²) in [4.78, 5) is 14.0. The van der Waals surface area contributed by atoms with E-state index < -0.39 is 0 Å². The monoisotopic (exact) mass is 247 g/mol. The zero-order valence-corrected chi connectivity index (χ0v) is 11.3.